The fourth-order valence-electron chi connectivity index (χ4n) is 2.91. The summed E-state index contributed by atoms with van der Waals surface area (Å²) >= 11 is 0. The molecule has 0 N–H and O–H groups in total. The van der Waals surface area contributed by atoms with Gasteiger partial charge in [0.05, 0.1) is 12.2 Å². The van der Waals surface area contributed by atoms with Crippen molar-refractivity contribution < 1.29 is 4.39 Å². The van der Waals surface area contributed by atoms with E-state index in [1.165, 1.54) is 12.4 Å². The standard InChI is InChI=1S/C15H16FN5/c16-14-5-3-6-15(13(14)8-17)21-7-2-1-4-12(21)9-20-11-18-10-19-20/h3,5-6,10-12H,1-2,4,7,9H2. The molecule has 1 aromatic heterocycles. The highest BCUT2D eigenvalue weighted by Crippen LogP contribution is 2.29. The van der Waals surface area contributed by atoms with Crippen LogP contribution in [0.1, 0.15) is 24.8 Å². The van der Waals surface area contributed by atoms with Crippen LogP contribution in [-0.2, 0) is 6.54 Å². The Hall–Kier alpha value is -2.42. The Kier molecular flexibility index (Phi) is 3.82. The average Bonchev–Trinajstić information content (AvgIpc) is 3.00. The second kappa shape index (κ2) is 5.92. The van der Waals surface area contributed by atoms with Crippen molar-refractivity contribution in [3.8, 4) is 6.07 Å². The topological polar surface area (TPSA) is 57.7 Å². The molecule has 1 fully saturated rings. The van der Waals surface area contributed by atoms with Gasteiger partial charge in [0.1, 0.15) is 30.1 Å². The molecule has 108 valence electrons. The highest BCUT2D eigenvalue weighted by Gasteiger charge is 2.26. The summed E-state index contributed by atoms with van der Waals surface area (Å²) < 4.78 is 15.6. The Labute approximate surface area is 122 Å². The molecule has 1 unspecified atom stereocenters. The van der Waals surface area contributed by atoms with Crippen LogP contribution in [0.4, 0.5) is 10.1 Å². The van der Waals surface area contributed by atoms with Crippen LogP contribution in [0, 0.1) is 17.1 Å². The molecule has 1 atom stereocenters. The fraction of sp³-hybridized carbons (Fsp3) is 0.400. The van der Waals surface area contributed by atoms with Crippen LogP contribution in [0.2, 0.25) is 0 Å². The van der Waals surface area contributed by atoms with E-state index in [4.69, 9.17) is 0 Å². The van der Waals surface area contributed by atoms with Crippen molar-refractivity contribution in [2.24, 2.45) is 0 Å². The van der Waals surface area contributed by atoms with Gasteiger partial charge in [-0.1, -0.05) is 6.07 Å². The molecule has 5 nitrogen and oxygen atoms in total. The minimum atomic E-state index is -0.458. The number of anilines is 1. The number of aromatic nitrogens is 3. The molecule has 0 amide bonds. The van der Waals surface area contributed by atoms with Crippen molar-refractivity contribution in [2.75, 3.05) is 11.4 Å². The van der Waals surface area contributed by atoms with Crippen LogP contribution in [0.15, 0.2) is 30.9 Å². The van der Waals surface area contributed by atoms with Gasteiger partial charge in [-0.05, 0) is 31.4 Å². The first-order chi connectivity index (χ1) is 10.3. The third kappa shape index (κ3) is 2.72. The predicted octanol–water partition coefficient (Wildman–Crippen LogP) is 2.35. The predicted molar refractivity (Wildman–Crippen MR) is 76.1 cm³/mol. The van der Waals surface area contributed by atoms with Crippen LogP contribution < -0.4 is 4.90 Å². The lowest BCUT2D eigenvalue weighted by Gasteiger charge is -2.38. The summed E-state index contributed by atoms with van der Waals surface area (Å²) in [4.78, 5) is 6.09. The minimum absolute atomic E-state index is 0.128. The van der Waals surface area contributed by atoms with E-state index in [0.29, 0.717) is 12.2 Å². The van der Waals surface area contributed by atoms with E-state index >= 15 is 0 Å². The van der Waals surface area contributed by atoms with Crippen LogP contribution in [0.3, 0.4) is 0 Å². The van der Waals surface area contributed by atoms with Gasteiger partial charge in [0, 0.05) is 12.6 Å². The van der Waals surface area contributed by atoms with Crippen molar-refractivity contribution in [2.45, 2.75) is 31.8 Å². The lowest BCUT2D eigenvalue weighted by molar-refractivity contribution is 0.398. The molecule has 0 radical (unpaired) electrons. The number of nitriles is 1. The summed E-state index contributed by atoms with van der Waals surface area (Å²) in [6.07, 6.45) is 6.38. The number of rotatable bonds is 3. The average molecular weight is 285 g/mol. The van der Waals surface area contributed by atoms with Crippen molar-refractivity contribution in [1.29, 1.82) is 5.26 Å². The van der Waals surface area contributed by atoms with Crippen LogP contribution in [0.25, 0.3) is 0 Å². The van der Waals surface area contributed by atoms with E-state index in [1.54, 1.807) is 17.1 Å². The molecule has 1 aromatic carbocycles. The van der Waals surface area contributed by atoms with Gasteiger partial charge in [0.2, 0.25) is 0 Å². The lowest BCUT2D eigenvalue weighted by Crippen LogP contribution is -2.42. The molecule has 0 bridgehead atoms. The maximum absolute atomic E-state index is 13.8. The van der Waals surface area contributed by atoms with Gasteiger partial charge in [-0.25, -0.2) is 9.37 Å². The van der Waals surface area contributed by atoms with Crippen LogP contribution >= 0.6 is 0 Å². The summed E-state index contributed by atoms with van der Waals surface area (Å²) in [6, 6.07) is 7.00. The van der Waals surface area contributed by atoms with Gasteiger partial charge in [-0.15, -0.1) is 0 Å². The van der Waals surface area contributed by atoms with E-state index < -0.39 is 5.82 Å². The van der Waals surface area contributed by atoms with Crippen LogP contribution in [0.5, 0.6) is 0 Å². The largest absolute Gasteiger partial charge is 0.366 e. The zero-order chi connectivity index (χ0) is 14.7. The Morgan fingerprint density at radius 2 is 2.29 bits per heavy atom. The molecular formula is C15H16FN5. The van der Waals surface area contributed by atoms with Crippen molar-refractivity contribution in [3.05, 3.63) is 42.2 Å². The molecule has 6 heteroatoms. The number of benzene rings is 1. The monoisotopic (exact) mass is 285 g/mol. The summed E-state index contributed by atoms with van der Waals surface area (Å²) in [5, 5.41) is 13.4. The molecule has 1 aliphatic rings. The van der Waals surface area contributed by atoms with Crippen molar-refractivity contribution in [3.63, 3.8) is 0 Å². The Balaban J connectivity index is 1.91. The molecule has 21 heavy (non-hydrogen) atoms. The molecule has 0 aliphatic carbocycles. The first-order valence-corrected chi connectivity index (χ1v) is 7.07. The summed E-state index contributed by atoms with van der Waals surface area (Å²) in [6.45, 7) is 1.53. The highest BCUT2D eigenvalue weighted by molar-refractivity contribution is 5.60. The van der Waals surface area contributed by atoms with Gasteiger partial charge in [-0.3, -0.25) is 4.68 Å². The quantitative estimate of drug-likeness (QED) is 0.868. The third-order valence-electron chi connectivity index (χ3n) is 3.90. The van der Waals surface area contributed by atoms with E-state index in [1.807, 2.05) is 12.1 Å². The van der Waals surface area contributed by atoms with Gasteiger partial charge in [0.25, 0.3) is 0 Å². The van der Waals surface area contributed by atoms with Gasteiger partial charge < -0.3 is 4.90 Å². The first kappa shape index (κ1) is 13.6. The lowest BCUT2D eigenvalue weighted by atomic mass is 9.99. The number of hydrogen-bond acceptors (Lipinski definition) is 4. The molecule has 1 aliphatic heterocycles. The third-order valence-corrected chi connectivity index (χ3v) is 3.90. The Morgan fingerprint density at radius 1 is 1.38 bits per heavy atom. The molecule has 3 rings (SSSR count). The molecule has 0 spiro atoms. The van der Waals surface area contributed by atoms with E-state index in [0.717, 1.165) is 25.8 Å². The van der Waals surface area contributed by atoms with E-state index in [-0.39, 0.29) is 11.6 Å². The van der Waals surface area contributed by atoms with Crippen molar-refractivity contribution in [1.82, 2.24) is 14.8 Å². The maximum Gasteiger partial charge on any atom is 0.143 e. The SMILES string of the molecule is N#Cc1c(F)cccc1N1CCCCC1Cn1cncn1. The number of halogens is 1. The summed E-state index contributed by atoms with van der Waals surface area (Å²) in [7, 11) is 0. The number of piperidine rings is 1. The zero-order valence-electron chi connectivity index (χ0n) is 11.6. The molecule has 1 saturated heterocycles. The van der Waals surface area contributed by atoms with Gasteiger partial charge in [0.15, 0.2) is 0 Å². The maximum atomic E-state index is 13.8. The summed E-state index contributed by atoms with van der Waals surface area (Å²) in [5.41, 5.74) is 0.810. The van der Waals surface area contributed by atoms with Gasteiger partial charge >= 0.3 is 0 Å². The minimum Gasteiger partial charge on any atom is -0.366 e. The molecule has 2 heterocycles. The number of nitrogens with zero attached hydrogens (tertiary/aromatic N) is 5. The smallest absolute Gasteiger partial charge is 0.143 e. The normalized spacial score (nSPS) is 18.5. The first-order valence-electron chi connectivity index (χ1n) is 7.07. The molecule has 2 aromatic rings. The zero-order valence-corrected chi connectivity index (χ0v) is 11.6. The van der Waals surface area contributed by atoms with E-state index in [9.17, 15) is 9.65 Å². The van der Waals surface area contributed by atoms with E-state index in [2.05, 4.69) is 15.0 Å². The molecule has 0 saturated carbocycles. The second-order valence-electron chi connectivity index (χ2n) is 5.21. The highest BCUT2D eigenvalue weighted by atomic mass is 19.1. The fourth-order valence-corrected chi connectivity index (χ4v) is 2.91. The Bertz CT molecular complexity index is 647. The number of hydrogen-bond donors (Lipinski definition) is 0. The van der Waals surface area contributed by atoms with Crippen LogP contribution in [-0.4, -0.2) is 27.4 Å². The van der Waals surface area contributed by atoms with Gasteiger partial charge in [-0.2, -0.15) is 10.4 Å². The van der Waals surface area contributed by atoms with Crippen molar-refractivity contribution >= 4 is 5.69 Å². The molecular weight excluding hydrogens is 269 g/mol. The second-order valence-corrected chi connectivity index (χ2v) is 5.21. The summed E-state index contributed by atoms with van der Waals surface area (Å²) in [5.74, 6) is -0.458. The Morgan fingerprint density at radius 3 is 3.05 bits per heavy atom.